The summed E-state index contributed by atoms with van der Waals surface area (Å²) < 4.78 is 5.30. The maximum absolute atomic E-state index is 6.29. The summed E-state index contributed by atoms with van der Waals surface area (Å²) in [4.78, 5) is 9.60. The molecule has 138 valence electrons. The SMILES string of the molecule is COc1ccc(C(CN=C(N)N2CCCCC2)N2CCCCC2)cc1. The van der Waals surface area contributed by atoms with E-state index in [1.165, 1.54) is 44.1 Å². The summed E-state index contributed by atoms with van der Waals surface area (Å²) in [6.45, 7) is 5.12. The molecule has 1 aromatic rings. The van der Waals surface area contributed by atoms with Crippen molar-refractivity contribution in [3.63, 3.8) is 0 Å². The second kappa shape index (κ2) is 9.09. The lowest BCUT2D eigenvalue weighted by molar-refractivity contribution is 0.167. The van der Waals surface area contributed by atoms with E-state index in [9.17, 15) is 0 Å². The molecule has 0 bridgehead atoms. The largest absolute Gasteiger partial charge is 0.497 e. The van der Waals surface area contributed by atoms with E-state index in [2.05, 4.69) is 21.9 Å². The van der Waals surface area contributed by atoms with Crippen molar-refractivity contribution < 1.29 is 4.74 Å². The molecule has 2 aliphatic heterocycles. The Kier molecular flexibility index (Phi) is 6.56. The van der Waals surface area contributed by atoms with E-state index in [1.807, 2.05) is 12.1 Å². The minimum atomic E-state index is 0.301. The smallest absolute Gasteiger partial charge is 0.191 e. The van der Waals surface area contributed by atoms with Crippen LogP contribution in [0.5, 0.6) is 5.75 Å². The van der Waals surface area contributed by atoms with Crippen LogP contribution in [0.15, 0.2) is 29.3 Å². The molecule has 2 fully saturated rings. The van der Waals surface area contributed by atoms with E-state index in [1.54, 1.807) is 7.11 Å². The molecule has 0 aliphatic carbocycles. The van der Waals surface area contributed by atoms with E-state index in [4.69, 9.17) is 15.5 Å². The first-order chi connectivity index (χ1) is 12.3. The van der Waals surface area contributed by atoms with Crippen LogP contribution in [0.3, 0.4) is 0 Å². The molecule has 0 amide bonds. The van der Waals surface area contributed by atoms with Crippen molar-refractivity contribution in [2.45, 2.75) is 44.6 Å². The molecule has 5 heteroatoms. The van der Waals surface area contributed by atoms with Gasteiger partial charge in [-0.1, -0.05) is 18.6 Å². The molecule has 2 heterocycles. The van der Waals surface area contributed by atoms with Gasteiger partial charge in [0.05, 0.1) is 19.7 Å². The summed E-state index contributed by atoms with van der Waals surface area (Å²) in [7, 11) is 1.71. The lowest BCUT2D eigenvalue weighted by atomic mass is 10.0. The lowest BCUT2D eigenvalue weighted by Crippen LogP contribution is -2.42. The van der Waals surface area contributed by atoms with E-state index < -0.39 is 0 Å². The number of hydrogen-bond donors (Lipinski definition) is 1. The number of likely N-dealkylation sites (tertiary alicyclic amines) is 2. The molecule has 0 spiro atoms. The molecule has 1 aromatic carbocycles. The Hall–Kier alpha value is -1.75. The van der Waals surface area contributed by atoms with E-state index in [0.29, 0.717) is 6.04 Å². The number of hydrogen-bond acceptors (Lipinski definition) is 3. The molecule has 0 saturated carbocycles. The van der Waals surface area contributed by atoms with Crippen molar-refractivity contribution in [3.8, 4) is 5.75 Å². The molecule has 2 N–H and O–H groups in total. The van der Waals surface area contributed by atoms with Crippen molar-refractivity contribution >= 4 is 5.96 Å². The van der Waals surface area contributed by atoms with E-state index in [0.717, 1.165) is 44.4 Å². The van der Waals surface area contributed by atoms with Gasteiger partial charge in [-0.25, -0.2) is 0 Å². The highest BCUT2D eigenvalue weighted by molar-refractivity contribution is 5.78. The highest BCUT2D eigenvalue weighted by Gasteiger charge is 2.23. The van der Waals surface area contributed by atoms with Crippen LogP contribution in [0.2, 0.25) is 0 Å². The fourth-order valence-corrected chi connectivity index (χ4v) is 3.89. The first-order valence-corrected chi connectivity index (χ1v) is 9.71. The van der Waals surface area contributed by atoms with Crippen molar-refractivity contribution in [2.75, 3.05) is 39.8 Å². The van der Waals surface area contributed by atoms with Gasteiger partial charge in [-0.15, -0.1) is 0 Å². The molecule has 2 aliphatic rings. The zero-order valence-corrected chi connectivity index (χ0v) is 15.5. The molecule has 1 atom stereocenters. The monoisotopic (exact) mass is 344 g/mol. The standard InChI is InChI=1S/C20H32N4O/c1-25-18-10-8-17(9-11-18)19(23-12-4-2-5-13-23)16-22-20(21)24-14-6-3-7-15-24/h8-11,19H,2-7,12-16H2,1H3,(H2,21,22). The van der Waals surface area contributed by atoms with Crippen LogP contribution >= 0.6 is 0 Å². The van der Waals surface area contributed by atoms with Crippen molar-refractivity contribution in [1.82, 2.24) is 9.80 Å². The van der Waals surface area contributed by atoms with Gasteiger partial charge in [0, 0.05) is 13.1 Å². The summed E-state index contributed by atoms with van der Waals surface area (Å²) in [5.74, 6) is 1.62. The highest BCUT2D eigenvalue weighted by atomic mass is 16.5. The predicted octanol–water partition coefficient (Wildman–Crippen LogP) is 3.02. The van der Waals surface area contributed by atoms with E-state index >= 15 is 0 Å². The predicted molar refractivity (Wildman–Crippen MR) is 103 cm³/mol. The van der Waals surface area contributed by atoms with Crippen molar-refractivity contribution in [2.24, 2.45) is 10.7 Å². The summed E-state index contributed by atoms with van der Waals surface area (Å²) in [5, 5.41) is 0. The van der Waals surface area contributed by atoms with Gasteiger partial charge in [0.15, 0.2) is 5.96 Å². The molecule has 2 saturated heterocycles. The number of piperidine rings is 2. The van der Waals surface area contributed by atoms with Crippen LogP contribution in [-0.2, 0) is 0 Å². The lowest BCUT2D eigenvalue weighted by Gasteiger charge is -2.34. The third-order valence-electron chi connectivity index (χ3n) is 5.44. The third-order valence-corrected chi connectivity index (χ3v) is 5.44. The van der Waals surface area contributed by atoms with Crippen LogP contribution in [0, 0.1) is 0 Å². The third kappa shape index (κ3) is 4.88. The summed E-state index contributed by atoms with van der Waals surface area (Å²) in [6, 6.07) is 8.73. The Labute approximate surface area is 151 Å². The molecular weight excluding hydrogens is 312 g/mol. The zero-order valence-electron chi connectivity index (χ0n) is 15.5. The van der Waals surface area contributed by atoms with Crippen molar-refractivity contribution in [3.05, 3.63) is 29.8 Å². The van der Waals surface area contributed by atoms with E-state index in [-0.39, 0.29) is 0 Å². The fourth-order valence-electron chi connectivity index (χ4n) is 3.89. The Balaban J connectivity index is 1.72. The van der Waals surface area contributed by atoms with Crippen LogP contribution < -0.4 is 10.5 Å². The first kappa shape index (κ1) is 18.1. The van der Waals surface area contributed by atoms with Gasteiger partial charge >= 0.3 is 0 Å². The molecule has 3 rings (SSSR count). The Morgan fingerprint density at radius 2 is 1.60 bits per heavy atom. The fraction of sp³-hybridized carbons (Fsp3) is 0.650. The topological polar surface area (TPSA) is 54.1 Å². The first-order valence-electron chi connectivity index (χ1n) is 9.71. The average Bonchev–Trinajstić information content (AvgIpc) is 2.70. The molecule has 25 heavy (non-hydrogen) atoms. The minimum absolute atomic E-state index is 0.301. The second-order valence-electron chi connectivity index (χ2n) is 7.13. The maximum atomic E-state index is 6.29. The van der Waals surface area contributed by atoms with Gasteiger partial charge in [-0.2, -0.15) is 0 Å². The zero-order chi connectivity index (χ0) is 17.5. The maximum Gasteiger partial charge on any atom is 0.191 e. The molecular formula is C20H32N4O. The Morgan fingerprint density at radius 1 is 1.00 bits per heavy atom. The van der Waals surface area contributed by atoms with Crippen LogP contribution in [-0.4, -0.2) is 55.6 Å². The molecule has 1 unspecified atom stereocenters. The van der Waals surface area contributed by atoms with Gasteiger partial charge in [0.1, 0.15) is 5.75 Å². The minimum Gasteiger partial charge on any atom is -0.497 e. The summed E-state index contributed by atoms with van der Waals surface area (Å²) >= 11 is 0. The quantitative estimate of drug-likeness (QED) is 0.659. The normalized spacial score (nSPS) is 21.2. The number of rotatable bonds is 5. The number of nitrogens with two attached hydrogens (primary N) is 1. The number of methoxy groups -OCH3 is 1. The number of aliphatic imine (C=N–C) groups is 1. The number of ether oxygens (including phenoxy) is 1. The molecule has 5 nitrogen and oxygen atoms in total. The Morgan fingerprint density at radius 3 is 2.20 bits per heavy atom. The number of guanidine groups is 1. The van der Waals surface area contributed by atoms with Gasteiger partial charge in [0.2, 0.25) is 0 Å². The van der Waals surface area contributed by atoms with Gasteiger partial charge in [0.25, 0.3) is 0 Å². The van der Waals surface area contributed by atoms with Crippen LogP contribution in [0.1, 0.15) is 50.1 Å². The number of benzene rings is 1. The molecule has 0 radical (unpaired) electrons. The average molecular weight is 345 g/mol. The van der Waals surface area contributed by atoms with Crippen LogP contribution in [0.25, 0.3) is 0 Å². The summed E-state index contributed by atoms with van der Waals surface area (Å²) in [5.41, 5.74) is 7.59. The van der Waals surface area contributed by atoms with Gasteiger partial charge in [-0.05, 0) is 62.9 Å². The highest BCUT2D eigenvalue weighted by Crippen LogP contribution is 2.26. The van der Waals surface area contributed by atoms with Crippen molar-refractivity contribution in [1.29, 1.82) is 0 Å². The summed E-state index contributed by atoms with van der Waals surface area (Å²) in [6.07, 6.45) is 7.65. The molecule has 0 aromatic heterocycles. The number of nitrogens with zero attached hydrogens (tertiary/aromatic N) is 3. The second-order valence-corrected chi connectivity index (χ2v) is 7.13. The van der Waals surface area contributed by atoms with Gasteiger partial charge < -0.3 is 15.4 Å². The Bertz CT molecular complexity index is 545. The van der Waals surface area contributed by atoms with Gasteiger partial charge in [-0.3, -0.25) is 9.89 Å². The van der Waals surface area contributed by atoms with Crippen LogP contribution in [0.4, 0.5) is 0 Å².